The summed E-state index contributed by atoms with van der Waals surface area (Å²) in [4.78, 5) is 4.38. The van der Waals surface area contributed by atoms with Crippen LogP contribution in [0, 0.1) is 11.3 Å². The minimum Gasteiger partial charge on any atom is -0.233 e. The van der Waals surface area contributed by atoms with Gasteiger partial charge in [0.05, 0.1) is 17.5 Å². The van der Waals surface area contributed by atoms with Crippen LogP contribution in [0.3, 0.4) is 0 Å². The van der Waals surface area contributed by atoms with Crippen molar-refractivity contribution in [2.75, 3.05) is 5.33 Å². The van der Waals surface area contributed by atoms with Gasteiger partial charge in [-0.1, -0.05) is 29.8 Å². The Morgan fingerprint density at radius 1 is 1.27 bits per heavy atom. The predicted molar refractivity (Wildman–Crippen MR) is 60.7 cm³/mol. The van der Waals surface area contributed by atoms with Crippen molar-refractivity contribution in [3.63, 3.8) is 0 Å². The molecule has 1 aromatic heterocycles. The highest BCUT2D eigenvalue weighted by Gasteiger charge is 2.15. The smallest absolute Gasteiger partial charge is 0.169 e. The number of nitrogens with zero attached hydrogens (tertiary/aromatic N) is 4. The number of halogens is 1. The van der Waals surface area contributed by atoms with Gasteiger partial charge in [-0.15, -0.1) is 5.10 Å². The van der Waals surface area contributed by atoms with Crippen molar-refractivity contribution in [1.82, 2.24) is 15.2 Å². The molecule has 0 aliphatic carbocycles. The summed E-state index contributed by atoms with van der Waals surface area (Å²) < 4.78 is 0. The Kier molecular flexibility index (Phi) is 4.63. The first-order valence-corrected chi connectivity index (χ1v) is 6.06. The summed E-state index contributed by atoms with van der Waals surface area (Å²) in [6.45, 7) is 4.05. The summed E-state index contributed by atoms with van der Waals surface area (Å²) in [7, 11) is 0. The quantitative estimate of drug-likeness (QED) is 0.784. The zero-order valence-corrected chi connectivity index (χ0v) is 10.5. The van der Waals surface area contributed by atoms with E-state index in [-0.39, 0.29) is 5.92 Å². The van der Waals surface area contributed by atoms with Crippen LogP contribution in [0.1, 0.15) is 37.0 Å². The first-order chi connectivity index (χ1) is 7.26. The second kappa shape index (κ2) is 5.76. The molecule has 0 saturated heterocycles. The predicted octanol–water partition coefficient (Wildman–Crippen LogP) is 2.00. The highest BCUT2D eigenvalue weighted by molar-refractivity contribution is 9.09. The summed E-state index contributed by atoms with van der Waals surface area (Å²) in [5.41, 5.74) is 1.87. The molecule has 0 aliphatic heterocycles. The van der Waals surface area contributed by atoms with Crippen molar-refractivity contribution in [2.45, 2.75) is 32.6 Å². The van der Waals surface area contributed by atoms with Crippen molar-refractivity contribution in [3.8, 4) is 6.07 Å². The van der Waals surface area contributed by atoms with E-state index in [1.807, 2.05) is 13.8 Å². The Labute approximate surface area is 97.9 Å². The van der Waals surface area contributed by atoms with E-state index in [0.29, 0.717) is 11.2 Å². The summed E-state index contributed by atoms with van der Waals surface area (Å²) in [6, 6.07) is 2.14. The van der Waals surface area contributed by atoms with Crippen LogP contribution in [0.25, 0.3) is 0 Å². The molecule has 1 unspecified atom stereocenters. The molecule has 1 atom stereocenters. The third-order valence-corrected chi connectivity index (χ3v) is 2.79. The maximum Gasteiger partial charge on any atom is 0.169 e. The fourth-order valence-electron chi connectivity index (χ4n) is 1.26. The lowest BCUT2D eigenvalue weighted by Gasteiger charge is -2.07. The molecule has 0 aromatic carbocycles. The molecule has 0 N–H and O–H groups in total. The van der Waals surface area contributed by atoms with E-state index >= 15 is 0 Å². The van der Waals surface area contributed by atoms with Gasteiger partial charge in [-0.25, -0.2) is 4.98 Å². The molecular weight excluding hydrogens is 256 g/mol. The monoisotopic (exact) mass is 268 g/mol. The second-order valence-electron chi connectivity index (χ2n) is 3.11. The highest BCUT2D eigenvalue weighted by Crippen LogP contribution is 2.14. The topological polar surface area (TPSA) is 62.5 Å². The van der Waals surface area contributed by atoms with E-state index in [4.69, 9.17) is 5.26 Å². The van der Waals surface area contributed by atoms with Crippen molar-refractivity contribution in [2.24, 2.45) is 0 Å². The largest absolute Gasteiger partial charge is 0.233 e. The zero-order chi connectivity index (χ0) is 11.3. The third kappa shape index (κ3) is 2.72. The van der Waals surface area contributed by atoms with Gasteiger partial charge in [0.25, 0.3) is 0 Å². The van der Waals surface area contributed by atoms with Gasteiger partial charge in [0.1, 0.15) is 5.92 Å². The van der Waals surface area contributed by atoms with Gasteiger partial charge in [-0.05, 0) is 12.8 Å². The summed E-state index contributed by atoms with van der Waals surface area (Å²) in [5, 5.41) is 17.5. The molecule has 5 heteroatoms. The molecule has 0 aliphatic rings. The van der Waals surface area contributed by atoms with Crippen LogP contribution in [0.5, 0.6) is 0 Å². The number of aromatic nitrogens is 3. The number of rotatable bonds is 4. The second-order valence-corrected chi connectivity index (χ2v) is 3.75. The molecule has 0 amide bonds. The van der Waals surface area contributed by atoms with Crippen molar-refractivity contribution < 1.29 is 0 Å². The van der Waals surface area contributed by atoms with Crippen LogP contribution >= 0.6 is 15.9 Å². The summed E-state index contributed by atoms with van der Waals surface area (Å²) in [6.07, 6.45) is 1.65. The SMILES string of the molecule is CCc1nnc(C(C#N)CBr)nc1CC. The fraction of sp³-hybridized carbons (Fsp3) is 0.600. The van der Waals surface area contributed by atoms with E-state index < -0.39 is 0 Å². The van der Waals surface area contributed by atoms with E-state index in [1.165, 1.54) is 0 Å². The normalized spacial score (nSPS) is 12.1. The lowest BCUT2D eigenvalue weighted by Crippen LogP contribution is -2.10. The molecule has 0 fully saturated rings. The Morgan fingerprint density at radius 3 is 2.40 bits per heavy atom. The molecule has 80 valence electrons. The zero-order valence-electron chi connectivity index (χ0n) is 8.87. The van der Waals surface area contributed by atoms with E-state index in [9.17, 15) is 0 Å². The Balaban J connectivity index is 3.08. The molecule has 0 radical (unpaired) electrons. The number of hydrogen-bond donors (Lipinski definition) is 0. The van der Waals surface area contributed by atoms with E-state index in [2.05, 4.69) is 37.2 Å². The van der Waals surface area contributed by atoms with Crippen LogP contribution in [0.4, 0.5) is 0 Å². The lowest BCUT2D eigenvalue weighted by atomic mass is 10.1. The summed E-state index contributed by atoms with van der Waals surface area (Å²) in [5.74, 6) is 0.206. The van der Waals surface area contributed by atoms with Gasteiger partial charge in [-0.3, -0.25) is 0 Å². The maximum absolute atomic E-state index is 8.88. The van der Waals surface area contributed by atoms with Gasteiger partial charge in [0.2, 0.25) is 0 Å². The minimum atomic E-state index is -0.311. The molecule has 1 heterocycles. The molecule has 0 spiro atoms. The van der Waals surface area contributed by atoms with Gasteiger partial charge in [0, 0.05) is 5.33 Å². The van der Waals surface area contributed by atoms with Crippen molar-refractivity contribution in [3.05, 3.63) is 17.2 Å². The number of hydrogen-bond acceptors (Lipinski definition) is 4. The lowest BCUT2D eigenvalue weighted by molar-refractivity contribution is 0.739. The van der Waals surface area contributed by atoms with E-state index in [1.54, 1.807) is 0 Å². The molecule has 15 heavy (non-hydrogen) atoms. The van der Waals surface area contributed by atoms with Crippen LogP contribution < -0.4 is 0 Å². The van der Waals surface area contributed by atoms with Crippen LogP contribution in [0.2, 0.25) is 0 Å². The first kappa shape index (κ1) is 12.1. The highest BCUT2D eigenvalue weighted by atomic mass is 79.9. The Morgan fingerprint density at radius 2 is 1.93 bits per heavy atom. The average molecular weight is 269 g/mol. The van der Waals surface area contributed by atoms with Crippen molar-refractivity contribution in [1.29, 1.82) is 5.26 Å². The molecular formula is C10H13BrN4. The fourth-order valence-corrected chi connectivity index (χ4v) is 1.70. The number of alkyl halides is 1. The van der Waals surface area contributed by atoms with Crippen LogP contribution in [-0.2, 0) is 12.8 Å². The number of nitriles is 1. The van der Waals surface area contributed by atoms with Gasteiger partial charge in [-0.2, -0.15) is 10.4 Å². The molecule has 1 aromatic rings. The number of aryl methyl sites for hydroxylation is 2. The van der Waals surface area contributed by atoms with Gasteiger partial charge < -0.3 is 0 Å². The first-order valence-electron chi connectivity index (χ1n) is 4.94. The third-order valence-electron chi connectivity index (χ3n) is 2.15. The molecule has 0 saturated carbocycles. The molecule has 1 rings (SSSR count). The maximum atomic E-state index is 8.88. The molecule has 0 bridgehead atoms. The summed E-state index contributed by atoms with van der Waals surface area (Å²) >= 11 is 3.26. The minimum absolute atomic E-state index is 0.311. The van der Waals surface area contributed by atoms with Gasteiger partial charge >= 0.3 is 0 Å². The van der Waals surface area contributed by atoms with E-state index in [0.717, 1.165) is 24.2 Å². The van der Waals surface area contributed by atoms with Crippen molar-refractivity contribution >= 4 is 15.9 Å². The Bertz CT molecular complexity index is 372. The van der Waals surface area contributed by atoms with Gasteiger partial charge in [0.15, 0.2) is 5.82 Å². The Hall–Kier alpha value is -1.02. The standard InChI is InChI=1S/C10H13BrN4/c1-3-8-9(4-2)14-15-10(13-8)7(5-11)6-12/h7H,3-5H2,1-2H3. The molecule has 4 nitrogen and oxygen atoms in total. The average Bonchev–Trinajstić information content (AvgIpc) is 2.30. The van der Waals surface area contributed by atoms with Crippen LogP contribution in [-0.4, -0.2) is 20.5 Å². The van der Waals surface area contributed by atoms with Crippen LogP contribution in [0.15, 0.2) is 0 Å².